The fourth-order valence-corrected chi connectivity index (χ4v) is 3.11. The number of nitrogen functional groups attached to an aromatic ring is 1. The second-order valence-electron chi connectivity index (χ2n) is 5.25. The first-order chi connectivity index (χ1) is 11.1. The molecule has 1 saturated heterocycles. The third-order valence-electron chi connectivity index (χ3n) is 3.64. The van der Waals surface area contributed by atoms with Crippen LogP contribution in [0, 0.1) is 0 Å². The van der Waals surface area contributed by atoms with Crippen molar-refractivity contribution in [3.63, 3.8) is 0 Å². The van der Waals surface area contributed by atoms with E-state index < -0.39 is 43.5 Å². The number of nitrogens with one attached hydrogen (secondary N) is 1. The molecule has 0 bridgehead atoms. The number of hydrogen-bond donors (Lipinski definition) is 7. The quantitative estimate of drug-likeness (QED) is 0.269. The smallest absolute Gasteiger partial charge is 0.356 e. The van der Waals surface area contributed by atoms with Gasteiger partial charge in [0.05, 0.1) is 6.33 Å². The van der Waals surface area contributed by atoms with Crippen LogP contribution in [0.3, 0.4) is 0 Å². The van der Waals surface area contributed by atoms with E-state index in [1.165, 1.54) is 0 Å². The Morgan fingerprint density at radius 2 is 2.04 bits per heavy atom. The summed E-state index contributed by atoms with van der Waals surface area (Å²) in [6.07, 6.45) is -5.54. The molecule has 1 unspecified atom stereocenters. The van der Waals surface area contributed by atoms with Gasteiger partial charge in [-0.1, -0.05) is 0 Å². The van der Waals surface area contributed by atoms with Crippen LogP contribution in [0.2, 0.25) is 0 Å². The van der Waals surface area contributed by atoms with Crippen molar-refractivity contribution < 1.29 is 34.4 Å². The standard InChI is InChI=1S/C10H14N5O8P/c11-10-13-6-2(7(18)14-10)12-1-15(6)8-4(17)3(16)5(23-8)9(19)24(20,21)22/h1,3-5,8-9,16-17,19H,(H2,20,21,22)(H3,11,13,14,18)/t3-,4+,5-,8+,9?/m0/s1. The molecule has 13 nitrogen and oxygen atoms in total. The van der Waals surface area contributed by atoms with Crippen LogP contribution in [0.15, 0.2) is 11.1 Å². The molecule has 8 N–H and O–H groups in total. The maximum atomic E-state index is 11.7. The van der Waals surface area contributed by atoms with Crippen LogP contribution < -0.4 is 11.3 Å². The number of ether oxygens (including phenoxy) is 1. The van der Waals surface area contributed by atoms with Crippen LogP contribution in [0.1, 0.15) is 6.23 Å². The van der Waals surface area contributed by atoms with Crippen molar-refractivity contribution in [1.82, 2.24) is 19.5 Å². The van der Waals surface area contributed by atoms with Gasteiger partial charge in [0.25, 0.3) is 5.56 Å². The molecule has 0 saturated carbocycles. The molecule has 24 heavy (non-hydrogen) atoms. The predicted molar refractivity (Wildman–Crippen MR) is 76.5 cm³/mol. The molecule has 132 valence electrons. The normalized spacial score (nSPS) is 29.2. The zero-order chi connectivity index (χ0) is 17.8. The summed E-state index contributed by atoms with van der Waals surface area (Å²) in [6.45, 7) is 0. The van der Waals surface area contributed by atoms with Gasteiger partial charge in [-0.15, -0.1) is 0 Å². The molecule has 1 fully saturated rings. The molecule has 2 aromatic heterocycles. The molecular formula is C10H14N5O8P. The first-order valence-electron chi connectivity index (χ1n) is 6.58. The monoisotopic (exact) mass is 363 g/mol. The average molecular weight is 363 g/mol. The number of aliphatic hydroxyl groups is 3. The number of nitrogens with zero attached hydrogens (tertiary/aromatic N) is 3. The van der Waals surface area contributed by atoms with Crippen LogP contribution in [0.5, 0.6) is 0 Å². The van der Waals surface area contributed by atoms with Gasteiger partial charge >= 0.3 is 7.60 Å². The minimum absolute atomic E-state index is 0.0705. The fraction of sp³-hybridized carbons (Fsp3) is 0.500. The minimum Gasteiger partial charge on any atom is -0.387 e. The highest BCUT2D eigenvalue weighted by Gasteiger charge is 2.51. The summed E-state index contributed by atoms with van der Waals surface area (Å²) in [5, 5.41) is 29.6. The number of aromatic nitrogens is 4. The summed E-state index contributed by atoms with van der Waals surface area (Å²) in [5.41, 5.74) is 4.61. The fourth-order valence-electron chi connectivity index (χ4n) is 2.48. The van der Waals surface area contributed by atoms with Gasteiger partial charge in [0.2, 0.25) is 5.95 Å². The number of fused-ring (bicyclic) bond motifs is 1. The van der Waals surface area contributed by atoms with Crippen LogP contribution in [0.25, 0.3) is 11.2 Å². The average Bonchev–Trinajstić information content (AvgIpc) is 3.00. The number of imidazole rings is 1. The summed E-state index contributed by atoms with van der Waals surface area (Å²) < 4.78 is 17.4. The van der Waals surface area contributed by atoms with E-state index >= 15 is 0 Å². The molecule has 5 atom stereocenters. The van der Waals surface area contributed by atoms with E-state index in [0.29, 0.717) is 0 Å². The lowest BCUT2D eigenvalue weighted by Gasteiger charge is -2.21. The Morgan fingerprint density at radius 3 is 2.67 bits per heavy atom. The number of aromatic amines is 1. The third kappa shape index (κ3) is 2.61. The van der Waals surface area contributed by atoms with Gasteiger partial charge < -0.3 is 35.6 Å². The molecule has 0 aliphatic carbocycles. The SMILES string of the molecule is Nc1nc2c(ncn2[C@@H]2O[C@H](C(O)P(=O)(O)O)[C@@H](O)[C@H]2O)c(=O)[nH]1. The van der Waals surface area contributed by atoms with Crippen molar-refractivity contribution in [2.75, 3.05) is 5.73 Å². The first-order valence-corrected chi connectivity index (χ1v) is 8.26. The summed E-state index contributed by atoms with van der Waals surface area (Å²) in [4.78, 5) is 39.6. The molecular weight excluding hydrogens is 349 g/mol. The number of nitrogens with two attached hydrogens (primary N) is 1. The molecule has 2 aromatic rings. The van der Waals surface area contributed by atoms with Gasteiger partial charge in [-0.2, -0.15) is 4.98 Å². The lowest BCUT2D eigenvalue weighted by Crippen LogP contribution is -2.38. The molecule has 14 heteroatoms. The first kappa shape index (κ1) is 17.0. The Bertz CT molecular complexity index is 876. The van der Waals surface area contributed by atoms with E-state index in [1.807, 2.05) is 0 Å². The van der Waals surface area contributed by atoms with Crippen LogP contribution in [-0.2, 0) is 9.30 Å². The molecule has 0 spiro atoms. The lowest BCUT2D eigenvalue weighted by molar-refractivity contribution is -0.0664. The number of hydrogen-bond acceptors (Lipinski definition) is 9. The Labute approximate surface area is 132 Å². The number of anilines is 1. The Balaban J connectivity index is 2.02. The van der Waals surface area contributed by atoms with Crippen LogP contribution >= 0.6 is 7.60 Å². The number of aliphatic hydroxyl groups excluding tert-OH is 3. The molecule has 1 aliphatic heterocycles. The number of rotatable bonds is 3. The van der Waals surface area contributed by atoms with Crippen molar-refractivity contribution in [2.45, 2.75) is 30.4 Å². The predicted octanol–water partition coefficient (Wildman–Crippen LogP) is -3.18. The maximum Gasteiger partial charge on any atom is 0.356 e. The lowest BCUT2D eigenvalue weighted by atomic mass is 10.1. The molecule has 1 aliphatic rings. The summed E-state index contributed by atoms with van der Waals surface area (Å²) in [7, 11) is -4.99. The van der Waals surface area contributed by atoms with Crippen molar-refractivity contribution in [1.29, 1.82) is 0 Å². The van der Waals surface area contributed by atoms with E-state index in [2.05, 4.69) is 15.0 Å². The van der Waals surface area contributed by atoms with Crippen LogP contribution in [-0.4, -0.2) is 68.8 Å². The van der Waals surface area contributed by atoms with E-state index in [4.69, 9.17) is 20.3 Å². The summed E-state index contributed by atoms with van der Waals surface area (Å²) in [6, 6.07) is 0. The van der Waals surface area contributed by atoms with E-state index in [9.17, 15) is 24.7 Å². The van der Waals surface area contributed by atoms with E-state index in [0.717, 1.165) is 10.9 Å². The Morgan fingerprint density at radius 1 is 1.38 bits per heavy atom. The molecule has 3 heterocycles. The van der Waals surface area contributed by atoms with Gasteiger partial charge in [-0.05, 0) is 0 Å². The second-order valence-corrected chi connectivity index (χ2v) is 6.96. The summed E-state index contributed by atoms with van der Waals surface area (Å²) >= 11 is 0. The minimum atomic E-state index is -4.99. The van der Waals surface area contributed by atoms with Crippen molar-refractivity contribution >= 4 is 24.7 Å². The van der Waals surface area contributed by atoms with Gasteiger partial charge in [0.1, 0.15) is 18.3 Å². The maximum absolute atomic E-state index is 11.7. The largest absolute Gasteiger partial charge is 0.387 e. The molecule has 0 aromatic carbocycles. The van der Waals surface area contributed by atoms with Gasteiger partial charge in [0.15, 0.2) is 23.2 Å². The zero-order valence-corrected chi connectivity index (χ0v) is 12.7. The van der Waals surface area contributed by atoms with Gasteiger partial charge in [0, 0.05) is 0 Å². The van der Waals surface area contributed by atoms with E-state index in [-0.39, 0.29) is 17.1 Å². The number of H-pyrrole nitrogens is 1. The Hall–Kier alpha value is -1.86. The molecule has 0 amide bonds. The van der Waals surface area contributed by atoms with Gasteiger partial charge in [-0.25, -0.2) is 4.98 Å². The van der Waals surface area contributed by atoms with Crippen molar-refractivity contribution in [3.8, 4) is 0 Å². The van der Waals surface area contributed by atoms with Gasteiger partial charge in [-0.3, -0.25) is 18.9 Å². The van der Waals surface area contributed by atoms with Crippen molar-refractivity contribution in [2.24, 2.45) is 0 Å². The highest BCUT2D eigenvalue weighted by molar-refractivity contribution is 7.52. The molecule has 0 radical (unpaired) electrons. The van der Waals surface area contributed by atoms with E-state index in [1.54, 1.807) is 0 Å². The molecule has 3 rings (SSSR count). The topological polar surface area (TPSA) is 217 Å². The van der Waals surface area contributed by atoms with Crippen molar-refractivity contribution in [3.05, 3.63) is 16.7 Å². The zero-order valence-electron chi connectivity index (χ0n) is 11.8. The highest BCUT2D eigenvalue weighted by Crippen LogP contribution is 2.46. The third-order valence-corrected chi connectivity index (χ3v) is 4.62. The Kier molecular flexibility index (Phi) is 3.96. The van der Waals surface area contributed by atoms with Crippen LogP contribution in [0.4, 0.5) is 5.95 Å². The highest BCUT2D eigenvalue weighted by atomic mass is 31.2. The second kappa shape index (κ2) is 5.60. The summed E-state index contributed by atoms with van der Waals surface area (Å²) in [5.74, 6) is -2.57.